The Morgan fingerprint density at radius 2 is 1.75 bits per heavy atom. The van der Waals surface area contributed by atoms with Crippen molar-refractivity contribution in [1.82, 2.24) is 10.3 Å². The number of imide groups is 1. The van der Waals surface area contributed by atoms with E-state index in [0.29, 0.717) is 16.9 Å². The largest absolute Gasteiger partial charge is 0.497 e. The molecule has 2 N–H and O–H groups in total. The second-order valence-electron chi connectivity index (χ2n) is 7.33. The minimum absolute atomic E-state index is 0.297. The number of hydrogen-bond acceptors (Lipinski definition) is 3. The van der Waals surface area contributed by atoms with Crippen LogP contribution in [0.4, 0.5) is 0 Å². The number of rotatable bonds is 1. The van der Waals surface area contributed by atoms with E-state index in [4.69, 9.17) is 4.74 Å². The second-order valence-corrected chi connectivity index (χ2v) is 7.33. The maximum Gasteiger partial charge on any atom is 0.259 e. The molecule has 2 amide bonds. The molecule has 1 aliphatic heterocycles. The fourth-order valence-electron chi connectivity index (χ4n) is 4.79. The van der Waals surface area contributed by atoms with Crippen LogP contribution in [0.2, 0.25) is 0 Å². The van der Waals surface area contributed by atoms with Crippen LogP contribution in [0.15, 0.2) is 42.5 Å². The Kier molecular flexibility index (Phi) is 2.88. The van der Waals surface area contributed by atoms with Crippen molar-refractivity contribution >= 4 is 33.6 Å². The molecule has 0 spiro atoms. The Morgan fingerprint density at radius 1 is 0.929 bits per heavy atom. The molecule has 0 unspecified atom stereocenters. The van der Waals surface area contributed by atoms with Crippen molar-refractivity contribution in [2.75, 3.05) is 7.11 Å². The fourth-order valence-corrected chi connectivity index (χ4v) is 4.79. The van der Waals surface area contributed by atoms with Gasteiger partial charge in [-0.3, -0.25) is 14.9 Å². The van der Waals surface area contributed by atoms with Gasteiger partial charge in [0.15, 0.2) is 0 Å². The lowest BCUT2D eigenvalue weighted by molar-refractivity contribution is 0.0880. The summed E-state index contributed by atoms with van der Waals surface area (Å²) in [5, 5.41) is 4.19. The Morgan fingerprint density at radius 3 is 2.61 bits per heavy atom. The number of benzene rings is 3. The summed E-state index contributed by atoms with van der Waals surface area (Å²) in [6, 6.07) is 14.1. The van der Waals surface area contributed by atoms with E-state index in [1.54, 1.807) is 7.11 Å². The van der Waals surface area contributed by atoms with Crippen LogP contribution in [0, 0.1) is 0 Å². The monoisotopic (exact) mass is 368 g/mol. The first kappa shape index (κ1) is 15.5. The van der Waals surface area contributed by atoms with Crippen LogP contribution in [0.25, 0.3) is 32.9 Å². The van der Waals surface area contributed by atoms with Gasteiger partial charge >= 0.3 is 0 Å². The van der Waals surface area contributed by atoms with E-state index < -0.39 is 0 Å². The van der Waals surface area contributed by atoms with E-state index in [9.17, 15) is 9.59 Å². The molecule has 0 fully saturated rings. The van der Waals surface area contributed by atoms with E-state index in [0.717, 1.165) is 51.3 Å². The number of methoxy groups -OCH3 is 1. The highest BCUT2D eigenvalue weighted by Crippen LogP contribution is 2.46. The van der Waals surface area contributed by atoms with Gasteiger partial charge < -0.3 is 9.72 Å². The molecule has 1 aromatic heterocycles. The zero-order valence-electron chi connectivity index (χ0n) is 15.2. The van der Waals surface area contributed by atoms with Gasteiger partial charge in [0.25, 0.3) is 11.8 Å². The van der Waals surface area contributed by atoms with Gasteiger partial charge in [0.1, 0.15) is 5.75 Å². The van der Waals surface area contributed by atoms with Crippen molar-refractivity contribution < 1.29 is 14.3 Å². The zero-order chi connectivity index (χ0) is 19.0. The van der Waals surface area contributed by atoms with Crippen molar-refractivity contribution in [2.45, 2.75) is 12.8 Å². The van der Waals surface area contributed by atoms with E-state index in [-0.39, 0.29) is 11.8 Å². The van der Waals surface area contributed by atoms with Crippen LogP contribution in [0.5, 0.6) is 5.75 Å². The summed E-state index contributed by atoms with van der Waals surface area (Å²) in [5.41, 5.74) is 7.23. The molecule has 1 aliphatic carbocycles. The second kappa shape index (κ2) is 5.23. The van der Waals surface area contributed by atoms with Crippen LogP contribution in [0.1, 0.15) is 31.8 Å². The molecule has 136 valence electrons. The molecule has 5 nitrogen and oxygen atoms in total. The minimum Gasteiger partial charge on any atom is -0.497 e. The predicted octanol–water partition coefficient (Wildman–Crippen LogP) is 3.98. The smallest absolute Gasteiger partial charge is 0.259 e. The molecule has 0 atom stereocenters. The van der Waals surface area contributed by atoms with Crippen LogP contribution in [-0.2, 0) is 12.8 Å². The number of H-pyrrole nitrogens is 1. The Hall–Kier alpha value is -3.60. The molecule has 5 heteroatoms. The Labute approximate surface area is 160 Å². The SMILES string of the molecule is COc1ccc2[nH]c3c4c(c5c(c3c2c1)C(=O)NC5=O)CCc1ccccc1-4. The fraction of sp³-hybridized carbons (Fsp3) is 0.130. The minimum atomic E-state index is -0.324. The van der Waals surface area contributed by atoms with Crippen molar-refractivity contribution in [3.8, 4) is 16.9 Å². The summed E-state index contributed by atoms with van der Waals surface area (Å²) in [6.45, 7) is 0. The van der Waals surface area contributed by atoms with Crippen LogP contribution in [-0.4, -0.2) is 23.9 Å². The number of amides is 2. The van der Waals surface area contributed by atoms with Gasteiger partial charge in [-0.25, -0.2) is 0 Å². The Balaban J connectivity index is 1.88. The van der Waals surface area contributed by atoms with Crippen LogP contribution in [0.3, 0.4) is 0 Å². The number of aromatic amines is 1. The lowest BCUT2D eigenvalue weighted by Crippen LogP contribution is -2.20. The number of ether oxygens (including phenoxy) is 1. The molecular weight excluding hydrogens is 352 g/mol. The highest BCUT2D eigenvalue weighted by Gasteiger charge is 2.37. The molecule has 2 aliphatic rings. The predicted molar refractivity (Wildman–Crippen MR) is 107 cm³/mol. The summed E-state index contributed by atoms with van der Waals surface area (Å²) in [4.78, 5) is 29.0. The molecule has 0 radical (unpaired) electrons. The average Bonchev–Trinajstić information content (AvgIpc) is 3.23. The molecule has 3 aromatic carbocycles. The van der Waals surface area contributed by atoms with Crippen LogP contribution < -0.4 is 10.1 Å². The molecule has 28 heavy (non-hydrogen) atoms. The standard InChI is InChI=1S/C23H16N2O3/c1-28-12-7-9-16-15(10-12)18-20-19(22(26)25-23(20)27)14-8-6-11-4-2-3-5-13(11)17(14)21(18)24-16/h2-5,7,9-10,24H,6,8H2,1H3,(H,25,26,27). The zero-order valence-corrected chi connectivity index (χ0v) is 15.2. The van der Waals surface area contributed by atoms with Crippen molar-refractivity contribution in [3.63, 3.8) is 0 Å². The van der Waals surface area contributed by atoms with Gasteiger partial charge in [-0.15, -0.1) is 0 Å². The van der Waals surface area contributed by atoms with E-state index >= 15 is 0 Å². The third kappa shape index (κ3) is 1.80. The molecule has 6 rings (SSSR count). The third-order valence-electron chi connectivity index (χ3n) is 5.97. The lowest BCUT2D eigenvalue weighted by atomic mass is 9.80. The van der Waals surface area contributed by atoms with E-state index in [1.807, 2.05) is 30.3 Å². The number of aromatic nitrogens is 1. The summed E-state index contributed by atoms with van der Waals surface area (Å²) in [6.07, 6.45) is 1.60. The van der Waals surface area contributed by atoms with Crippen molar-refractivity contribution in [3.05, 3.63) is 64.7 Å². The van der Waals surface area contributed by atoms with Gasteiger partial charge in [-0.2, -0.15) is 0 Å². The Bertz CT molecular complexity index is 1360. The van der Waals surface area contributed by atoms with Gasteiger partial charge in [0, 0.05) is 21.9 Å². The molecule has 0 saturated carbocycles. The molecule has 4 aromatic rings. The molecule has 2 heterocycles. The molecular formula is C23H16N2O3. The number of carbonyl (C=O) groups is 2. The van der Waals surface area contributed by atoms with E-state index in [2.05, 4.69) is 22.4 Å². The first-order valence-electron chi connectivity index (χ1n) is 9.29. The maximum atomic E-state index is 12.7. The van der Waals surface area contributed by atoms with Gasteiger partial charge in [-0.05, 0) is 47.7 Å². The summed E-state index contributed by atoms with van der Waals surface area (Å²) >= 11 is 0. The molecule has 0 bridgehead atoms. The quantitative estimate of drug-likeness (QED) is 0.499. The molecule has 0 saturated heterocycles. The van der Waals surface area contributed by atoms with Crippen molar-refractivity contribution in [2.24, 2.45) is 0 Å². The van der Waals surface area contributed by atoms with Crippen LogP contribution >= 0.6 is 0 Å². The van der Waals surface area contributed by atoms with Crippen molar-refractivity contribution in [1.29, 1.82) is 0 Å². The number of nitrogens with one attached hydrogen (secondary N) is 2. The third-order valence-corrected chi connectivity index (χ3v) is 5.97. The van der Waals surface area contributed by atoms with E-state index in [1.165, 1.54) is 5.56 Å². The van der Waals surface area contributed by atoms with Gasteiger partial charge in [0.2, 0.25) is 0 Å². The summed E-state index contributed by atoms with van der Waals surface area (Å²) < 4.78 is 5.40. The number of aryl methyl sites for hydroxylation is 1. The first-order chi connectivity index (χ1) is 13.7. The number of hydrogen-bond donors (Lipinski definition) is 2. The van der Waals surface area contributed by atoms with Gasteiger partial charge in [0.05, 0.1) is 23.8 Å². The topological polar surface area (TPSA) is 71.2 Å². The van der Waals surface area contributed by atoms with Gasteiger partial charge in [-0.1, -0.05) is 24.3 Å². The first-order valence-corrected chi connectivity index (χ1v) is 9.29. The normalized spacial score (nSPS) is 14.8. The highest BCUT2D eigenvalue weighted by molar-refractivity contribution is 6.32. The maximum absolute atomic E-state index is 12.7. The highest BCUT2D eigenvalue weighted by atomic mass is 16.5. The lowest BCUT2D eigenvalue weighted by Gasteiger charge is -2.22. The average molecular weight is 368 g/mol. The summed E-state index contributed by atoms with van der Waals surface area (Å²) in [7, 11) is 1.62. The number of fused-ring (bicyclic) bond motifs is 10. The number of carbonyl (C=O) groups excluding carboxylic acids is 2. The summed E-state index contributed by atoms with van der Waals surface area (Å²) in [5.74, 6) is 0.0927.